The minimum absolute atomic E-state index is 0.486. The van der Waals surface area contributed by atoms with Crippen LogP contribution >= 0.6 is 0 Å². The van der Waals surface area contributed by atoms with E-state index in [1.807, 2.05) is 30.9 Å². The quantitative estimate of drug-likeness (QED) is 0.904. The average Bonchev–Trinajstić information content (AvgIpc) is 2.87. The zero-order valence-corrected chi connectivity index (χ0v) is 12.5. The minimum atomic E-state index is 0.486. The van der Waals surface area contributed by atoms with E-state index in [0.29, 0.717) is 6.04 Å². The second-order valence-corrected chi connectivity index (χ2v) is 5.59. The fourth-order valence-corrected chi connectivity index (χ4v) is 2.66. The Morgan fingerprint density at radius 2 is 2.10 bits per heavy atom. The number of aromatic nitrogens is 5. The Balaban J connectivity index is 1.50. The van der Waals surface area contributed by atoms with Gasteiger partial charge in [0.05, 0.1) is 11.9 Å². The Hall–Kier alpha value is -2.02. The molecule has 0 bridgehead atoms. The van der Waals surface area contributed by atoms with E-state index in [4.69, 9.17) is 0 Å². The molecule has 1 aliphatic heterocycles. The van der Waals surface area contributed by atoms with Crippen molar-refractivity contribution in [2.75, 3.05) is 18.4 Å². The number of likely N-dealkylation sites (tertiary alicyclic amines) is 1. The highest BCUT2D eigenvalue weighted by atomic mass is 15.4. The Kier molecular flexibility index (Phi) is 4.10. The van der Waals surface area contributed by atoms with Gasteiger partial charge in [0.2, 0.25) is 0 Å². The van der Waals surface area contributed by atoms with E-state index in [9.17, 15) is 0 Å². The van der Waals surface area contributed by atoms with Crippen LogP contribution in [0, 0.1) is 6.92 Å². The van der Waals surface area contributed by atoms with E-state index >= 15 is 0 Å². The highest BCUT2D eigenvalue weighted by Crippen LogP contribution is 2.16. The van der Waals surface area contributed by atoms with Crippen LogP contribution < -0.4 is 5.32 Å². The van der Waals surface area contributed by atoms with Gasteiger partial charge >= 0.3 is 0 Å². The first-order chi connectivity index (χ1) is 10.2. The molecular weight excluding hydrogens is 266 g/mol. The van der Waals surface area contributed by atoms with Crippen molar-refractivity contribution >= 4 is 5.82 Å². The number of hydrogen-bond acceptors (Lipinski definition) is 6. The lowest BCUT2D eigenvalue weighted by Gasteiger charge is -2.32. The van der Waals surface area contributed by atoms with E-state index in [1.165, 1.54) is 0 Å². The van der Waals surface area contributed by atoms with E-state index in [1.54, 1.807) is 6.33 Å². The van der Waals surface area contributed by atoms with Gasteiger partial charge in [0.25, 0.3) is 0 Å². The SMILES string of the molecule is Cc1cc(NC2CCN(Cc3cnnn3C)CC2)ncn1. The molecule has 0 unspecified atom stereocenters. The number of nitrogens with one attached hydrogen (secondary N) is 1. The van der Waals surface area contributed by atoms with Crippen molar-refractivity contribution in [3.05, 3.63) is 30.0 Å². The molecule has 2 aromatic heterocycles. The summed E-state index contributed by atoms with van der Waals surface area (Å²) in [6.45, 7) is 5.06. The van der Waals surface area contributed by atoms with Crippen molar-refractivity contribution in [1.82, 2.24) is 29.9 Å². The first kappa shape index (κ1) is 13.9. The normalized spacial score (nSPS) is 17.0. The third-order valence-corrected chi connectivity index (χ3v) is 3.94. The summed E-state index contributed by atoms with van der Waals surface area (Å²) >= 11 is 0. The Labute approximate surface area is 124 Å². The van der Waals surface area contributed by atoms with E-state index < -0.39 is 0 Å². The summed E-state index contributed by atoms with van der Waals surface area (Å²) in [4.78, 5) is 10.8. The third-order valence-electron chi connectivity index (χ3n) is 3.94. The molecule has 112 valence electrons. The van der Waals surface area contributed by atoms with Gasteiger partial charge in [0.15, 0.2) is 0 Å². The smallest absolute Gasteiger partial charge is 0.129 e. The summed E-state index contributed by atoms with van der Waals surface area (Å²) in [7, 11) is 1.94. The summed E-state index contributed by atoms with van der Waals surface area (Å²) in [6, 6.07) is 2.48. The minimum Gasteiger partial charge on any atom is -0.367 e. The van der Waals surface area contributed by atoms with Crippen LogP contribution in [-0.2, 0) is 13.6 Å². The average molecular weight is 287 g/mol. The first-order valence-corrected chi connectivity index (χ1v) is 7.32. The van der Waals surface area contributed by atoms with Crippen molar-refractivity contribution in [2.24, 2.45) is 7.05 Å². The van der Waals surface area contributed by atoms with Gasteiger partial charge in [0, 0.05) is 44.5 Å². The molecule has 21 heavy (non-hydrogen) atoms. The van der Waals surface area contributed by atoms with Gasteiger partial charge < -0.3 is 5.32 Å². The third kappa shape index (κ3) is 3.55. The van der Waals surface area contributed by atoms with Gasteiger partial charge in [-0.3, -0.25) is 9.58 Å². The summed E-state index contributed by atoms with van der Waals surface area (Å²) in [6.07, 6.45) is 5.69. The zero-order valence-electron chi connectivity index (χ0n) is 12.5. The van der Waals surface area contributed by atoms with Crippen molar-refractivity contribution in [1.29, 1.82) is 0 Å². The molecule has 7 nitrogen and oxygen atoms in total. The van der Waals surface area contributed by atoms with Crippen molar-refractivity contribution < 1.29 is 0 Å². The van der Waals surface area contributed by atoms with Gasteiger partial charge in [-0.15, -0.1) is 5.10 Å². The van der Waals surface area contributed by atoms with Gasteiger partial charge in [-0.2, -0.15) is 0 Å². The van der Waals surface area contributed by atoms with Crippen LogP contribution in [0.3, 0.4) is 0 Å². The van der Waals surface area contributed by atoms with Gasteiger partial charge in [0.1, 0.15) is 12.1 Å². The highest BCUT2D eigenvalue weighted by Gasteiger charge is 2.20. The molecule has 7 heteroatoms. The van der Waals surface area contributed by atoms with Gasteiger partial charge in [-0.1, -0.05) is 5.21 Å². The summed E-state index contributed by atoms with van der Waals surface area (Å²) in [5.41, 5.74) is 2.15. The fourth-order valence-electron chi connectivity index (χ4n) is 2.66. The molecular formula is C14H21N7. The van der Waals surface area contributed by atoms with E-state index in [0.717, 1.165) is 49.7 Å². The predicted octanol–water partition coefficient (Wildman–Crippen LogP) is 0.990. The summed E-state index contributed by atoms with van der Waals surface area (Å²) < 4.78 is 1.84. The summed E-state index contributed by atoms with van der Waals surface area (Å²) in [5.74, 6) is 0.928. The molecule has 1 fully saturated rings. The van der Waals surface area contributed by atoms with Crippen molar-refractivity contribution in [3.63, 3.8) is 0 Å². The summed E-state index contributed by atoms with van der Waals surface area (Å²) in [5, 5.41) is 11.4. The maximum absolute atomic E-state index is 4.27. The van der Waals surface area contributed by atoms with E-state index in [-0.39, 0.29) is 0 Å². The van der Waals surface area contributed by atoms with Crippen molar-refractivity contribution in [2.45, 2.75) is 32.4 Å². The van der Waals surface area contributed by atoms with Crippen LogP contribution in [0.1, 0.15) is 24.2 Å². The molecule has 0 saturated carbocycles. The number of anilines is 1. The van der Waals surface area contributed by atoms with Crippen LogP contribution in [0.2, 0.25) is 0 Å². The molecule has 1 N–H and O–H groups in total. The van der Waals surface area contributed by atoms with Crippen LogP contribution in [0.5, 0.6) is 0 Å². The molecule has 1 saturated heterocycles. The predicted molar refractivity (Wildman–Crippen MR) is 79.7 cm³/mol. The van der Waals surface area contributed by atoms with Crippen LogP contribution in [0.4, 0.5) is 5.82 Å². The van der Waals surface area contributed by atoms with Crippen LogP contribution in [-0.4, -0.2) is 49.0 Å². The Bertz CT molecular complexity index is 587. The molecule has 3 rings (SSSR count). The lowest BCUT2D eigenvalue weighted by molar-refractivity contribution is 0.206. The Morgan fingerprint density at radius 3 is 2.76 bits per heavy atom. The number of piperidine rings is 1. The van der Waals surface area contributed by atoms with Gasteiger partial charge in [-0.25, -0.2) is 9.97 Å². The molecule has 0 radical (unpaired) electrons. The first-order valence-electron chi connectivity index (χ1n) is 7.32. The number of rotatable bonds is 4. The topological polar surface area (TPSA) is 71.8 Å². The lowest BCUT2D eigenvalue weighted by Crippen LogP contribution is -2.39. The zero-order chi connectivity index (χ0) is 14.7. The number of hydrogen-bond donors (Lipinski definition) is 1. The van der Waals surface area contributed by atoms with Crippen molar-refractivity contribution in [3.8, 4) is 0 Å². The Morgan fingerprint density at radius 1 is 1.29 bits per heavy atom. The van der Waals surface area contributed by atoms with Crippen LogP contribution in [0.25, 0.3) is 0 Å². The molecule has 2 aromatic rings. The standard InChI is InChI=1S/C14H21N7/c1-11-7-14(16-10-15-11)18-12-3-5-21(6-4-12)9-13-8-17-19-20(13)2/h7-8,10,12H,3-6,9H2,1-2H3,(H,15,16,18). The maximum atomic E-state index is 4.27. The van der Waals surface area contributed by atoms with Crippen LogP contribution in [0.15, 0.2) is 18.6 Å². The molecule has 0 aromatic carbocycles. The second-order valence-electron chi connectivity index (χ2n) is 5.59. The monoisotopic (exact) mass is 287 g/mol. The van der Waals surface area contributed by atoms with E-state index in [2.05, 4.69) is 30.5 Å². The van der Waals surface area contributed by atoms with Gasteiger partial charge in [-0.05, 0) is 19.8 Å². The lowest BCUT2D eigenvalue weighted by atomic mass is 10.0. The molecule has 3 heterocycles. The molecule has 0 aliphatic carbocycles. The number of aryl methyl sites for hydroxylation is 2. The molecule has 0 spiro atoms. The fraction of sp³-hybridized carbons (Fsp3) is 0.571. The molecule has 0 atom stereocenters. The number of nitrogens with zero attached hydrogens (tertiary/aromatic N) is 6. The molecule has 1 aliphatic rings. The molecule has 0 amide bonds. The maximum Gasteiger partial charge on any atom is 0.129 e. The second kappa shape index (κ2) is 6.17. The largest absolute Gasteiger partial charge is 0.367 e. The highest BCUT2D eigenvalue weighted by molar-refractivity contribution is 5.35.